The molecule has 4 rings (SSSR count). The number of H-pyrrole nitrogens is 1. The van der Waals surface area contributed by atoms with E-state index in [0.29, 0.717) is 34.1 Å². The van der Waals surface area contributed by atoms with Gasteiger partial charge in [-0.1, -0.05) is 0 Å². The quantitative estimate of drug-likeness (QED) is 0.533. The smallest absolute Gasteiger partial charge is 0.268 e. The second-order valence-corrected chi connectivity index (χ2v) is 4.64. The first-order chi connectivity index (χ1) is 10.1. The monoisotopic (exact) mass is 282 g/mol. The highest BCUT2D eigenvalue weighted by atomic mass is 16.1. The van der Waals surface area contributed by atoms with Crippen molar-refractivity contribution in [3.8, 4) is 5.95 Å². The Labute approximate surface area is 117 Å². The maximum Gasteiger partial charge on any atom is 0.268 e. The van der Waals surface area contributed by atoms with E-state index >= 15 is 0 Å². The fourth-order valence-electron chi connectivity index (χ4n) is 2.33. The number of hydrogen-bond acceptors (Lipinski definition) is 6. The molecule has 0 radical (unpaired) electrons. The summed E-state index contributed by atoms with van der Waals surface area (Å²) in [5.41, 5.74) is 1.01. The van der Waals surface area contributed by atoms with Gasteiger partial charge in [0.15, 0.2) is 0 Å². The van der Waals surface area contributed by atoms with Gasteiger partial charge in [0.2, 0.25) is 0 Å². The molecule has 9 nitrogen and oxygen atoms in total. The molecule has 9 heteroatoms. The number of aromatic nitrogens is 8. The zero-order chi connectivity index (χ0) is 14.6. The van der Waals surface area contributed by atoms with Crippen LogP contribution in [-0.2, 0) is 0 Å². The first kappa shape index (κ1) is 11.7. The molecule has 4 heterocycles. The largest absolute Gasteiger partial charge is 0.268 e. The molecule has 4 aromatic heterocycles. The molecule has 0 unspecified atom stereocenters. The van der Waals surface area contributed by atoms with E-state index in [1.54, 1.807) is 26.1 Å². The Morgan fingerprint density at radius 2 is 2.10 bits per heavy atom. The Bertz CT molecular complexity index is 1040. The van der Waals surface area contributed by atoms with E-state index in [4.69, 9.17) is 0 Å². The summed E-state index contributed by atoms with van der Waals surface area (Å²) in [6.45, 7) is 3.54. The Morgan fingerprint density at radius 1 is 1.24 bits per heavy atom. The maximum absolute atomic E-state index is 12.7. The van der Waals surface area contributed by atoms with Crippen LogP contribution in [0.2, 0.25) is 0 Å². The lowest BCUT2D eigenvalue weighted by atomic mass is 10.2. The molecule has 104 valence electrons. The molecule has 0 aliphatic rings. The molecular weight excluding hydrogens is 272 g/mol. The van der Waals surface area contributed by atoms with Gasteiger partial charge < -0.3 is 0 Å². The van der Waals surface area contributed by atoms with E-state index < -0.39 is 0 Å². The average molecular weight is 282 g/mol. The van der Waals surface area contributed by atoms with Crippen LogP contribution < -0.4 is 5.56 Å². The van der Waals surface area contributed by atoms with Crippen LogP contribution in [0.15, 0.2) is 23.4 Å². The van der Waals surface area contributed by atoms with Crippen LogP contribution in [0, 0.1) is 13.8 Å². The van der Waals surface area contributed by atoms with Crippen LogP contribution in [0.1, 0.15) is 11.5 Å². The highest BCUT2D eigenvalue weighted by Gasteiger charge is 2.14. The molecule has 21 heavy (non-hydrogen) atoms. The summed E-state index contributed by atoms with van der Waals surface area (Å²) < 4.78 is 2.92. The summed E-state index contributed by atoms with van der Waals surface area (Å²) in [5.74, 6) is 1.40. The van der Waals surface area contributed by atoms with E-state index in [9.17, 15) is 4.79 Å². The van der Waals surface area contributed by atoms with Crippen molar-refractivity contribution in [3.05, 3.63) is 40.5 Å². The van der Waals surface area contributed by atoms with Gasteiger partial charge >= 0.3 is 0 Å². The molecule has 0 bridgehead atoms. The number of fused-ring (bicyclic) bond motifs is 3. The van der Waals surface area contributed by atoms with Gasteiger partial charge in [-0.2, -0.15) is 19.6 Å². The van der Waals surface area contributed by atoms with Crippen molar-refractivity contribution >= 4 is 16.7 Å². The molecule has 0 amide bonds. The molecular formula is C12H10N8O. The maximum atomic E-state index is 12.7. The van der Waals surface area contributed by atoms with Crippen LogP contribution in [0.3, 0.4) is 0 Å². The molecule has 0 spiro atoms. The van der Waals surface area contributed by atoms with Crippen LogP contribution >= 0.6 is 0 Å². The van der Waals surface area contributed by atoms with Crippen LogP contribution in [0.5, 0.6) is 0 Å². The lowest BCUT2D eigenvalue weighted by molar-refractivity contribution is 0.891. The highest BCUT2D eigenvalue weighted by molar-refractivity contribution is 5.81. The number of aryl methyl sites for hydroxylation is 2. The fraction of sp³-hybridized carbons (Fsp3) is 0.167. The van der Waals surface area contributed by atoms with Crippen molar-refractivity contribution in [1.82, 2.24) is 39.3 Å². The standard InChI is InChI=1S/C12H10N8O/c1-6-9-8(20-11(15-6)13-5-14-20)3-4-19(10(9)21)12-16-7(2)17-18-12/h3-5H,1-2H3,(H,16,17,18). The van der Waals surface area contributed by atoms with Gasteiger partial charge in [-0.25, -0.2) is 9.55 Å². The fourth-order valence-corrected chi connectivity index (χ4v) is 2.33. The Hall–Kier alpha value is -3.10. The summed E-state index contributed by atoms with van der Waals surface area (Å²) in [6.07, 6.45) is 3.03. The second kappa shape index (κ2) is 3.95. The lowest BCUT2D eigenvalue weighted by Gasteiger charge is -2.06. The Morgan fingerprint density at radius 3 is 2.86 bits per heavy atom. The predicted molar refractivity (Wildman–Crippen MR) is 73.3 cm³/mol. The summed E-state index contributed by atoms with van der Waals surface area (Å²) in [5, 5.41) is 11.3. The zero-order valence-corrected chi connectivity index (χ0v) is 11.3. The van der Waals surface area contributed by atoms with Crippen molar-refractivity contribution in [3.63, 3.8) is 0 Å². The predicted octanol–water partition coefficient (Wildman–Crippen LogP) is 0.163. The van der Waals surface area contributed by atoms with Crippen molar-refractivity contribution in [2.75, 3.05) is 0 Å². The second-order valence-electron chi connectivity index (χ2n) is 4.64. The normalized spacial score (nSPS) is 11.5. The SMILES string of the molecule is Cc1nc(-n2ccc3c(c(C)nc4ncnn43)c2=O)n[nH]1. The summed E-state index contributed by atoms with van der Waals surface area (Å²) in [4.78, 5) is 25.2. The van der Waals surface area contributed by atoms with Crippen molar-refractivity contribution in [2.24, 2.45) is 0 Å². The van der Waals surface area contributed by atoms with Crippen LogP contribution in [0.4, 0.5) is 0 Å². The van der Waals surface area contributed by atoms with E-state index in [1.165, 1.54) is 15.4 Å². The van der Waals surface area contributed by atoms with Gasteiger partial charge in [0.25, 0.3) is 17.3 Å². The van der Waals surface area contributed by atoms with Crippen molar-refractivity contribution < 1.29 is 0 Å². The van der Waals surface area contributed by atoms with Gasteiger partial charge in [-0.3, -0.25) is 9.89 Å². The topological polar surface area (TPSA) is 107 Å². The van der Waals surface area contributed by atoms with Gasteiger partial charge in [0.05, 0.1) is 16.6 Å². The van der Waals surface area contributed by atoms with E-state index in [-0.39, 0.29) is 5.56 Å². The first-order valence-corrected chi connectivity index (χ1v) is 6.26. The molecule has 1 N–H and O–H groups in total. The average Bonchev–Trinajstić information content (AvgIpc) is 3.07. The van der Waals surface area contributed by atoms with Gasteiger partial charge in [-0.05, 0) is 19.9 Å². The van der Waals surface area contributed by atoms with E-state index in [1.807, 2.05) is 0 Å². The number of rotatable bonds is 1. The minimum atomic E-state index is -0.242. The van der Waals surface area contributed by atoms with Gasteiger partial charge in [0, 0.05) is 6.20 Å². The Balaban J connectivity index is 2.14. The molecule has 0 aliphatic carbocycles. The zero-order valence-electron chi connectivity index (χ0n) is 11.3. The third kappa shape index (κ3) is 1.57. The lowest BCUT2D eigenvalue weighted by Crippen LogP contribution is -2.21. The molecule has 4 aromatic rings. The minimum Gasteiger partial charge on any atom is -0.268 e. The van der Waals surface area contributed by atoms with E-state index in [0.717, 1.165) is 0 Å². The Kier molecular flexibility index (Phi) is 2.20. The summed E-state index contributed by atoms with van der Waals surface area (Å²) >= 11 is 0. The van der Waals surface area contributed by atoms with Crippen LogP contribution in [0.25, 0.3) is 22.6 Å². The molecule has 0 fully saturated rings. The third-order valence-corrected chi connectivity index (χ3v) is 3.26. The number of hydrogen-bond donors (Lipinski definition) is 1. The van der Waals surface area contributed by atoms with Gasteiger partial charge in [0.1, 0.15) is 12.2 Å². The number of nitrogens with one attached hydrogen (secondary N) is 1. The highest BCUT2D eigenvalue weighted by Crippen LogP contribution is 2.14. The number of aromatic amines is 1. The number of nitrogens with zero attached hydrogens (tertiary/aromatic N) is 7. The van der Waals surface area contributed by atoms with Crippen LogP contribution in [-0.4, -0.2) is 39.3 Å². The molecule has 0 aliphatic heterocycles. The first-order valence-electron chi connectivity index (χ1n) is 6.26. The molecule has 0 atom stereocenters. The van der Waals surface area contributed by atoms with Crippen molar-refractivity contribution in [1.29, 1.82) is 0 Å². The van der Waals surface area contributed by atoms with Gasteiger partial charge in [-0.15, -0.1) is 5.10 Å². The molecule has 0 aromatic carbocycles. The molecule has 0 saturated heterocycles. The van der Waals surface area contributed by atoms with E-state index in [2.05, 4.69) is 30.2 Å². The summed E-state index contributed by atoms with van der Waals surface area (Å²) in [7, 11) is 0. The number of pyridine rings is 1. The summed E-state index contributed by atoms with van der Waals surface area (Å²) in [6, 6.07) is 1.78. The third-order valence-electron chi connectivity index (χ3n) is 3.26. The van der Waals surface area contributed by atoms with Crippen molar-refractivity contribution in [2.45, 2.75) is 13.8 Å². The molecule has 0 saturated carbocycles. The minimum absolute atomic E-state index is 0.242.